The quantitative estimate of drug-likeness (QED) is 0.770. The second-order valence-electron chi connectivity index (χ2n) is 4.37. The lowest BCUT2D eigenvalue weighted by Crippen LogP contribution is -2.04. The average Bonchev–Trinajstić information content (AvgIpc) is 2.68. The van der Waals surface area contributed by atoms with Gasteiger partial charge in [0.15, 0.2) is 0 Å². The van der Waals surface area contributed by atoms with Crippen molar-refractivity contribution in [3.63, 3.8) is 0 Å². The van der Waals surface area contributed by atoms with Crippen molar-refractivity contribution in [1.82, 2.24) is 9.78 Å². The van der Waals surface area contributed by atoms with E-state index in [-0.39, 0.29) is 0 Å². The van der Waals surface area contributed by atoms with Crippen molar-refractivity contribution in [1.29, 1.82) is 0 Å². The highest BCUT2D eigenvalue weighted by Crippen LogP contribution is 2.16. The predicted octanol–water partition coefficient (Wildman–Crippen LogP) is 2.21. The van der Waals surface area contributed by atoms with Crippen LogP contribution in [-0.4, -0.2) is 22.5 Å². The third-order valence-electron chi connectivity index (χ3n) is 3.20. The van der Waals surface area contributed by atoms with Gasteiger partial charge < -0.3 is 0 Å². The molecule has 1 aromatic heterocycles. The summed E-state index contributed by atoms with van der Waals surface area (Å²) in [6.45, 7) is 3.83. The maximum Gasteiger partial charge on any atom is 0.0733 e. The Labute approximate surface area is 101 Å². The van der Waals surface area contributed by atoms with E-state index < -0.39 is 0 Å². The maximum absolute atomic E-state index is 4.67. The molecule has 0 amide bonds. The van der Waals surface area contributed by atoms with E-state index in [1.165, 1.54) is 22.5 Å². The van der Waals surface area contributed by atoms with Gasteiger partial charge in [-0.3, -0.25) is 9.67 Å². The van der Waals surface area contributed by atoms with E-state index >= 15 is 0 Å². The van der Waals surface area contributed by atoms with Gasteiger partial charge in [0.05, 0.1) is 12.2 Å². The van der Waals surface area contributed by atoms with E-state index in [1.807, 2.05) is 12.3 Å². The molecule has 0 atom stereocenters. The summed E-state index contributed by atoms with van der Waals surface area (Å²) in [6, 6.07) is 10.4. The molecule has 2 heterocycles. The number of hydrogen-bond acceptors (Lipinski definition) is 2. The van der Waals surface area contributed by atoms with Crippen LogP contribution in [0.3, 0.4) is 0 Å². The monoisotopic (exact) mass is 225 g/mol. The van der Waals surface area contributed by atoms with Crippen LogP contribution in [0.4, 0.5) is 0 Å². The molecule has 2 aromatic rings. The molecule has 86 valence electrons. The molecule has 3 nitrogen and oxygen atoms in total. The van der Waals surface area contributed by atoms with Gasteiger partial charge in [0.1, 0.15) is 0 Å². The normalized spacial score (nSPS) is 13.7. The summed E-state index contributed by atoms with van der Waals surface area (Å²) in [4.78, 5) is 4.32. The minimum absolute atomic E-state index is 0.841. The van der Waals surface area contributed by atoms with E-state index in [2.05, 4.69) is 46.0 Å². The van der Waals surface area contributed by atoms with Crippen molar-refractivity contribution < 1.29 is 0 Å². The predicted molar refractivity (Wildman–Crippen MR) is 68.7 cm³/mol. The van der Waals surface area contributed by atoms with Crippen molar-refractivity contribution in [2.45, 2.75) is 19.9 Å². The first-order valence-electron chi connectivity index (χ1n) is 5.94. The Bertz CT molecular complexity index is 552. The molecule has 17 heavy (non-hydrogen) atoms. The molecule has 3 heteroatoms. The third kappa shape index (κ3) is 1.88. The van der Waals surface area contributed by atoms with Gasteiger partial charge in [-0.15, -0.1) is 0 Å². The lowest BCUT2D eigenvalue weighted by molar-refractivity contribution is 0.652. The van der Waals surface area contributed by atoms with Crippen molar-refractivity contribution >= 4 is 6.21 Å². The molecule has 3 rings (SSSR count). The fraction of sp³-hybridized carbons (Fsp3) is 0.286. The molecule has 0 saturated carbocycles. The summed E-state index contributed by atoms with van der Waals surface area (Å²) in [6.07, 6.45) is 2.93. The lowest BCUT2D eigenvalue weighted by atomic mass is 10.1. The van der Waals surface area contributed by atoms with E-state index in [4.69, 9.17) is 0 Å². The number of aliphatic imine (C=N–C) groups is 1. The van der Waals surface area contributed by atoms with Gasteiger partial charge in [0.25, 0.3) is 0 Å². The molecule has 1 aliphatic heterocycles. The largest absolute Gasteiger partial charge is 0.292 e. The molecule has 0 radical (unpaired) electrons. The first kappa shape index (κ1) is 10.3. The molecule has 1 aliphatic rings. The van der Waals surface area contributed by atoms with Crippen LogP contribution in [0.25, 0.3) is 0 Å². The SMILES string of the molecule is Cc1c2c(nn1Cc1ccccc1)CCN=C2. The van der Waals surface area contributed by atoms with E-state index in [9.17, 15) is 0 Å². The Hall–Kier alpha value is -1.90. The third-order valence-corrected chi connectivity index (χ3v) is 3.20. The van der Waals surface area contributed by atoms with Crippen LogP contribution in [0, 0.1) is 6.92 Å². The minimum Gasteiger partial charge on any atom is -0.292 e. The summed E-state index contributed by atoms with van der Waals surface area (Å²) >= 11 is 0. The van der Waals surface area contributed by atoms with E-state index in [1.54, 1.807) is 0 Å². The smallest absolute Gasteiger partial charge is 0.0733 e. The van der Waals surface area contributed by atoms with Crippen LogP contribution in [-0.2, 0) is 13.0 Å². The Kier molecular flexibility index (Phi) is 2.52. The number of nitrogens with zero attached hydrogens (tertiary/aromatic N) is 3. The van der Waals surface area contributed by atoms with Crippen LogP contribution in [0.15, 0.2) is 35.3 Å². The van der Waals surface area contributed by atoms with Gasteiger partial charge in [-0.2, -0.15) is 5.10 Å². The Morgan fingerprint density at radius 2 is 2.06 bits per heavy atom. The standard InChI is InChI=1S/C14H15N3/c1-11-13-9-15-8-7-14(13)16-17(11)10-12-5-3-2-4-6-12/h2-6,9H,7-8,10H2,1H3. The molecular formula is C14H15N3. The van der Waals surface area contributed by atoms with Crippen molar-refractivity contribution in [2.24, 2.45) is 4.99 Å². The molecule has 0 fully saturated rings. The first-order valence-corrected chi connectivity index (χ1v) is 5.94. The average molecular weight is 225 g/mol. The molecule has 0 N–H and O–H groups in total. The van der Waals surface area contributed by atoms with Gasteiger partial charge in [0.2, 0.25) is 0 Å². The number of hydrogen-bond donors (Lipinski definition) is 0. The molecule has 0 bridgehead atoms. The number of aromatic nitrogens is 2. The summed E-state index contributed by atoms with van der Waals surface area (Å²) in [7, 11) is 0. The van der Waals surface area contributed by atoms with Crippen LogP contribution in [0.2, 0.25) is 0 Å². The highest BCUT2D eigenvalue weighted by atomic mass is 15.3. The summed E-state index contributed by atoms with van der Waals surface area (Å²) < 4.78 is 2.08. The minimum atomic E-state index is 0.841. The van der Waals surface area contributed by atoms with Crippen molar-refractivity contribution in [2.75, 3.05) is 6.54 Å². The maximum atomic E-state index is 4.67. The highest BCUT2D eigenvalue weighted by molar-refractivity contribution is 5.83. The second-order valence-corrected chi connectivity index (χ2v) is 4.37. The number of rotatable bonds is 2. The van der Waals surface area contributed by atoms with Crippen LogP contribution < -0.4 is 0 Å². The zero-order chi connectivity index (χ0) is 11.7. The summed E-state index contributed by atoms with van der Waals surface area (Å²) in [5.74, 6) is 0. The zero-order valence-corrected chi connectivity index (χ0v) is 9.93. The van der Waals surface area contributed by atoms with E-state index in [0.717, 1.165) is 19.5 Å². The topological polar surface area (TPSA) is 30.2 Å². The molecule has 0 saturated heterocycles. The molecule has 0 spiro atoms. The Morgan fingerprint density at radius 1 is 1.24 bits per heavy atom. The van der Waals surface area contributed by atoms with Crippen molar-refractivity contribution in [3.05, 3.63) is 52.8 Å². The van der Waals surface area contributed by atoms with E-state index in [0.29, 0.717) is 0 Å². The summed E-state index contributed by atoms with van der Waals surface area (Å²) in [5, 5.41) is 4.67. The molecular weight excluding hydrogens is 210 g/mol. The Morgan fingerprint density at radius 3 is 2.82 bits per heavy atom. The fourth-order valence-corrected chi connectivity index (χ4v) is 2.21. The molecule has 1 aromatic carbocycles. The van der Waals surface area contributed by atoms with Crippen LogP contribution >= 0.6 is 0 Å². The fourth-order valence-electron chi connectivity index (χ4n) is 2.21. The van der Waals surface area contributed by atoms with Gasteiger partial charge in [-0.25, -0.2) is 0 Å². The lowest BCUT2D eigenvalue weighted by Gasteiger charge is -2.04. The number of fused-ring (bicyclic) bond motifs is 1. The van der Waals surface area contributed by atoms with Gasteiger partial charge in [-0.1, -0.05) is 30.3 Å². The first-order chi connectivity index (χ1) is 8.34. The van der Waals surface area contributed by atoms with Crippen molar-refractivity contribution in [3.8, 4) is 0 Å². The van der Waals surface area contributed by atoms with Gasteiger partial charge in [0, 0.05) is 30.4 Å². The summed E-state index contributed by atoms with van der Waals surface area (Å²) in [5.41, 5.74) is 4.90. The molecule has 0 aliphatic carbocycles. The van der Waals surface area contributed by atoms with Gasteiger partial charge in [-0.05, 0) is 12.5 Å². The van der Waals surface area contributed by atoms with Crippen LogP contribution in [0.1, 0.15) is 22.5 Å². The van der Waals surface area contributed by atoms with Crippen LogP contribution in [0.5, 0.6) is 0 Å². The van der Waals surface area contributed by atoms with Gasteiger partial charge >= 0.3 is 0 Å². The Balaban J connectivity index is 1.94. The molecule has 0 unspecified atom stereocenters. The second kappa shape index (κ2) is 4.17. The number of benzene rings is 1. The zero-order valence-electron chi connectivity index (χ0n) is 9.93. The highest BCUT2D eigenvalue weighted by Gasteiger charge is 2.15.